The molecule has 0 radical (unpaired) electrons. The molecular formula is C31H40B2O4. The molecule has 0 saturated carbocycles. The maximum Gasteiger partial charge on any atom is 0.495 e. The molecule has 2 saturated heterocycles. The van der Waals surface area contributed by atoms with Crippen LogP contribution in [0.5, 0.6) is 0 Å². The largest absolute Gasteiger partial charge is 0.495 e. The van der Waals surface area contributed by atoms with Gasteiger partial charge in [-0.15, -0.1) is 0 Å². The van der Waals surface area contributed by atoms with Crippen LogP contribution in [0.2, 0.25) is 0 Å². The van der Waals surface area contributed by atoms with Crippen LogP contribution in [0, 0.1) is 0 Å². The Labute approximate surface area is 223 Å². The van der Waals surface area contributed by atoms with Gasteiger partial charge in [-0.1, -0.05) is 43.3 Å². The molecule has 2 heterocycles. The summed E-state index contributed by atoms with van der Waals surface area (Å²) in [5.41, 5.74) is 9.11. The lowest BCUT2D eigenvalue weighted by atomic mass is 9.71. The van der Waals surface area contributed by atoms with Gasteiger partial charge in [-0.3, -0.25) is 0 Å². The molecule has 4 nitrogen and oxygen atoms in total. The number of allylic oxidation sites excluding steroid dienone is 1. The molecule has 2 fully saturated rings. The summed E-state index contributed by atoms with van der Waals surface area (Å²) in [6, 6.07) is 9.08. The van der Waals surface area contributed by atoms with Gasteiger partial charge in [0.1, 0.15) is 0 Å². The third-order valence-corrected chi connectivity index (χ3v) is 10.0. The Bertz CT molecular complexity index is 1270. The van der Waals surface area contributed by atoms with Gasteiger partial charge in [-0.2, -0.15) is 0 Å². The molecule has 0 spiro atoms. The van der Waals surface area contributed by atoms with Crippen LogP contribution >= 0.6 is 0 Å². The molecule has 4 aliphatic rings. The van der Waals surface area contributed by atoms with Crippen LogP contribution in [0.25, 0.3) is 17.2 Å². The minimum atomic E-state index is -0.356. The Balaban J connectivity index is 1.42. The van der Waals surface area contributed by atoms with Crippen molar-refractivity contribution in [3.05, 3.63) is 52.6 Å². The van der Waals surface area contributed by atoms with E-state index in [9.17, 15) is 0 Å². The molecule has 0 bridgehead atoms. The zero-order chi connectivity index (χ0) is 26.5. The number of benzene rings is 2. The fraction of sp³-hybridized carbons (Fsp3) is 0.548. The Kier molecular flexibility index (Phi) is 5.55. The van der Waals surface area contributed by atoms with Crippen molar-refractivity contribution in [2.45, 2.75) is 110 Å². The lowest BCUT2D eigenvalue weighted by molar-refractivity contribution is 0.00578. The van der Waals surface area contributed by atoms with Crippen molar-refractivity contribution in [1.82, 2.24) is 0 Å². The first kappa shape index (κ1) is 25.4. The van der Waals surface area contributed by atoms with Crippen molar-refractivity contribution >= 4 is 31.2 Å². The topological polar surface area (TPSA) is 36.9 Å². The number of rotatable bonds is 3. The van der Waals surface area contributed by atoms with Crippen molar-refractivity contribution in [3.63, 3.8) is 0 Å². The van der Waals surface area contributed by atoms with Gasteiger partial charge in [0.05, 0.1) is 22.4 Å². The van der Waals surface area contributed by atoms with Gasteiger partial charge in [-0.05, 0) is 125 Å². The van der Waals surface area contributed by atoms with E-state index >= 15 is 0 Å². The highest BCUT2D eigenvalue weighted by molar-refractivity contribution is 6.63. The second-order valence-corrected chi connectivity index (χ2v) is 13.4. The van der Waals surface area contributed by atoms with E-state index in [2.05, 4.69) is 98.7 Å². The zero-order valence-corrected chi connectivity index (χ0v) is 24.0. The van der Waals surface area contributed by atoms with E-state index in [0.717, 1.165) is 24.7 Å². The Morgan fingerprint density at radius 3 is 1.78 bits per heavy atom. The van der Waals surface area contributed by atoms with Crippen molar-refractivity contribution < 1.29 is 18.6 Å². The number of fused-ring (bicyclic) bond motifs is 2. The summed E-state index contributed by atoms with van der Waals surface area (Å²) >= 11 is 0. The molecule has 6 rings (SSSR count). The van der Waals surface area contributed by atoms with Gasteiger partial charge < -0.3 is 18.6 Å². The molecule has 1 unspecified atom stereocenters. The van der Waals surface area contributed by atoms with E-state index in [-0.39, 0.29) is 36.6 Å². The van der Waals surface area contributed by atoms with Crippen molar-refractivity contribution in [2.75, 3.05) is 0 Å². The van der Waals surface area contributed by atoms with Crippen LogP contribution in [0.3, 0.4) is 0 Å². The van der Waals surface area contributed by atoms with Crippen molar-refractivity contribution in [1.29, 1.82) is 0 Å². The molecule has 0 N–H and O–H groups in total. The molecule has 2 aliphatic heterocycles. The summed E-state index contributed by atoms with van der Waals surface area (Å²) in [6.45, 7) is 19.3. The Morgan fingerprint density at radius 1 is 0.676 bits per heavy atom. The second kappa shape index (κ2) is 8.08. The average Bonchev–Trinajstić information content (AvgIpc) is 3.52. The third kappa shape index (κ3) is 3.74. The van der Waals surface area contributed by atoms with E-state index in [1.807, 2.05) is 0 Å². The lowest BCUT2D eigenvalue weighted by Gasteiger charge is -2.32. The van der Waals surface area contributed by atoms with Gasteiger partial charge in [0.25, 0.3) is 0 Å². The van der Waals surface area contributed by atoms with Crippen LogP contribution in [0.1, 0.15) is 96.9 Å². The van der Waals surface area contributed by atoms with Gasteiger partial charge in [0.15, 0.2) is 0 Å². The highest BCUT2D eigenvalue weighted by atomic mass is 16.7. The first-order valence-corrected chi connectivity index (χ1v) is 13.9. The summed E-state index contributed by atoms with van der Waals surface area (Å²) in [6.07, 6.45) is 7.68. The Morgan fingerprint density at radius 2 is 1.19 bits per heavy atom. The van der Waals surface area contributed by atoms with Crippen LogP contribution in [0.15, 0.2) is 30.3 Å². The molecule has 2 aromatic rings. The molecule has 2 aliphatic carbocycles. The van der Waals surface area contributed by atoms with E-state index in [0.29, 0.717) is 5.92 Å². The summed E-state index contributed by atoms with van der Waals surface area (Å²) < 4.78 is 25.8. The molecule has 0 aromatic heterocycles. The minimum Gasteiger partial charge on any atom is -0.399 e. The molecular weight excluding hydrogens is 458 g/mol. The van der Waals surface area contributed by atoms with Gasteiger partial charge in [0.2, 0.25) is 0 Å². The molecule has 37 heavy (non-hydrogen) atoms. The summed E-state index contributed by atoms with van der Waals surface area (Å²) in [5.74, 6) is 0.500. The molecule has 194 valence electrons. The molecule has 1 atom stereocenters. The first-order chi connectivity index (χ1) is 17.2. The monoisotopic (exact) mass is 498 g/mol. The third-order valence-electron chi connectivity index (χ3n) is 10.0. The van der Waals surface area contributed by atoms with Crippen LogP contribution in [-0.4, -0.2) is 36.6 Å². The molecule has 0 amide bonds. The number of hydrogen-bond acceptors (Lipinski definition) is 4. The fourth-order valence-electron chi connectivity index (χ4n) is 6.28. The predicted molar refractivity (Wildman–Crippen MR) is 153 cm³/mol. The quantitative estimate of drug-likeness (QED) is 0.519. The lowest BCUT2D eigenvalue weighted by Crippen LogP contribution is -2.41. The predicted octanol–water partition coefficient (Wildman–Crippen LogP) is 5.57. The zero-order valence-electron chi connectivity index (χ0n) is 24.0. The normalized spacial score (nSPS) is 26.1. The first-order valence-electron chi connectivity index (χ1n) is 13.9. The summed E-state index contributed by atoms with van der Waals surface area (Å²) in [4.78, 5) is 0. The average molecular weight is 498 g/mol. The summed E-state index contributed by atoms with van der Waals surface area (Å²) in [5, 5.41) is 0. The molecule has 6 heteroatoms. The van der Waals surface area contributed by atoms with Gasteiger partial charge >= 0.3 is 14.2 Å². The van der Waals surface area contributed by atoms with Crippen molar-refractivity contribution in [2.24, 2.45) is 0 Å². The standard InChI is InChI=1S/C31H40B2O4/c1-19-13-14-24-26(33-36-30(6,7)31(8,9)37-33)18-16-23(27(19)24)21-15-17-25(22-12-10-11-20(21)22)32-34-28(2,3)29(4,5)35-32/h10,12,15-19H,11,13-14H2,1-9H3. The van der Waals surface area contributed by atoms with Crippen molar-refractivity contribution in [3.8, 4) is 11.1 Å². The second-order valence-electron chi connectivity index (χ2n) is 13.4. The van der Waals surface area contributed by atoms with Crippen LogP contribution in [-0.2, 0) is 31.5 Å². The van der Waals surface area contributed by atoms with Gasteiger partial charge in [0, 0.05) is 0 Å². The highest BCUT2D eigenvalue weighted by Crippen LogP contribution is 2.44. The fourth-order valence-corrected chi connectivity index (χ4v) is 6.28. The van der Waals surface area contributed by atoms with E-state index in [1.165, 1.54) is 38.8 Å². The smallest absolute Gasteiger partial charge is 0.399 e. The van der Waals surface area contributed by atoms with E-state index in [4.69, 9.17) is 18.6 Å². The molecule has 2 aromatic carbocycles. The summed E-state index contributed by atoms with van der Waals surface area (Å²) in [7, 11) is -0.679. The Hall–Kier alpha value is -1.85. The maximum absolute atomic E-state index is 6.48. The van der Waals surface area contributed by atoms with Crippen LogP contribution < -0.4 is 10.9 Å². The number of hydrogen-bond donors (Lipinski definition) is 0. The van der Waals surface area contributed by atoms with Crippen LogP contribution in [0.4, 0.5) is 0 Å². The van der Waals surface area contributed by atoms with E-state index < -0.39 is 0 Å². The van der Waals surface area contributed by atoms with Gasteiger partial charge in [-0.25, -0.2) is 0 Å². The SMILES string of the molecule is CC1CCc2c(B3OC(C)(C)C(C)(C)O3)ccc(-c3ccc(B4OC(C)(C)C(C)(C)O4)c4c3CC=C4)c21. The maximum atomic E-state index is 6.48. The van der Waals surface area contributed by atoms with E-state index in [1.54, 1.807) is 0 Å². The minimum absolute atomic E-state index is 0.323. The highest BCUT2D eigenvalue weighted by Gasteiger charge is 2.53.